The van der Waals surface area contributed by atoms with Crippen LogP contribution in [0.3, 0.4) is 0 Å². The molecule has 4 nitrogen and oxygen atoms in total. The molecule has 0 amide bonds. The maximum Gasteiger partial charge on any atom is 0.270 e. The van der Waals surface area contributed by atoms with Crippen LogP contribution in [0.15, 0.2) is 41.8 Å². The molecular formula is C13H8ClNO3S. The Labute approximate surface area is 118 Å². The maximum atomic E-state index is 11.8. The van der Waals surface area contributed by atoms with Crippen LogP contribution in [0.5, 0.6) is 0 Å². The molecule has 0 atom stereocenters. The lowest BCUT2D eigenvalue weighted by Gasteiger charge is -1.98. The number of nitro benzene ring substituents is 1. The summed E-state index contributed by atoms with van der Waals surface area (Å²) in [4.78, 5) is 22.5. The maximum absolute atomic E-state index is 11.8. The highest BCUT2D eigenvalue weighted by Crippen LogP contribution is 2.23. The Hall–Kier alpha value is -1.98. The Morgan fingerprint density at radius 3 is 2.79 bits per heavy atom. The van der Waals surface area contributed by atoms with Gasteiger partial charge in [-0.1, -0.05) is 17.7 Å². The number of allylic oxidation sites excluding steroid dienone is 1. The van der Waals surface area contributed by atoms with Crippen LogP contribution in [-0.4, -0.2) is 10.7 Å². The van der Waals surface area contributed by atoms with E-state index in [0.29, 0.717) is 15.5 Å². The number of non-ortho nitro benzene ring substituents is 1. The average molecular weight is 294 g/mol. The highest BCUT2D eigenvalue weighted by Gasteiger charge is 2.08. The summed E-state index contributed by atoms with van der Waals surface area (Å²) < 4.78 is 0. The minimum absolute atomic E-state index is 0.0624. The van der Waals surface area contributed by atoms with Gasteiger partial charge in [0.15, 0.2) is 5.78 Å². The zero-order chi connectivity index (χ0) is 13.8. The molecule has 0 bridgehead atoms. The average Bonchev–Trinajstić information content (AvgIpc) is 2.91. The molecule has 0 aliphatic carbocycles. The van der Waals surface area contributed by atoms with Gasteiger partial charge in [-0.05, 0) is 35.2 Å². The van der Waals surface area contributed by atoms with Crippen LogP contribution in [0.2, 0.25) is 5.02 Å². The second-order valence-corrected chi connectivity index (χ2v) is 4.99. The van der Waals surface area contributed by atoms with E-state index >= 15 is 0 Å². The number of carbonyl (C=O) groups is 1. The molecule has 0 radical (unpaired) electrons. The van der Waals surface area contributed by atoms with E-state index in [-0.39, 0.29) is 11.5 Å². The van der Waals surface area contributed by atoms with Gasteiger partial charge in [-0.15, -0.1) is 11.3 Å². The van der Waals surface area contributed by atoms with E-state index in [1.165, 1.54) is 41.7 Å². The molecule has 2 aromatic rings. The fourth-order valence-electron chi connectivity index (χ4n) is 1.44. The molecule has 1 aromatic heterocycles. The van der Waals surface area contributed by atoms with E-state index in [1.54, 1.807) is 17.5 Å². The first-order chi connectivity index (χ1) is 9.08. The van der Waals surface area contributed by atoms with Gasteiger partial charge < -0.3 is 0 Å². The van der Waals surface area contributed by atoms with Crippen LogP contribution in [0, 0.1) is 10.1 Å². The SMILES string of the molecule is O=C(/C=C/c1cc([N+](=O)[O-])ccc1Cl)c1cccs1. The Morgan fingerprint density at radius 2 is 2.16 bits per heavy atom. The quantitative estimate of drug-likeness (QED) is 0.367. The van der Waals surface area contributed by atoms with Crippen molar-refractivity contribution in [3.63, 3.8) is 0 Å². The second-order valence-electron chi connectivity index (χ2n) is 3.64. The molecular weight excluding hydrogens is 286 g/mol. The van der Waals surface area contributed by atoms with E-state index in [4.69, 9.17) is 11.6 Å². The fourth-order valence-corrected chi connectivity index (χ4v) is 2.26. The highest BCUT2D eigenvalue weighted by molar-refractivity contribution is 7.12. The number of hydrogen-bond donors (Lipinski definition) is 0. The van der Waals surface area contributed by atoms with Crippen molar-refractivity contribution in [3.8, 4) is 0 Å². The topological polar surface area (TPSA) is 60.2 Å². The number of halogens is 1. The summed E-state index contributed by atoms with van der Waals surface area (Å²) >= 11 is 7.26. The van der Waals surface area contributed by atoms with Gasteiger partial charge in [-0.3, -0.25) is 14.9 Å². The number of ketones is 1. The van der Waals surface area contributed by atoms with Gasteiger partial charge in [0.05, 0.1) is 9.80 Å². The molecule has 96 valence electrons. The fraction of sp³-hybridized carbons (Fsp3) is 0. The van der Waals surface area contributed by atoms with Crippen molar-refractivity contribution in [1.82, 2.24) is 0 Å². The first kappa shape index (κ1) is 13.5. The number of hydrogen-bond acceptors (Lipinski definition) is 4. The van der Waals surface area contributed by atoms with Crippen molar-refractivity contribution >= 4 is 40.5 Å². The first-order valence-electron chi connectivity index (χ1n) is 5.28. The number of benzene rings is 1. The molecule has 0 saturated carbocycles. The summed E-state index contributed by atoms with van der Waals surface area (Å²) in [5.41, 5.74) is 0.383. The van der Waals surface area contributed by atoms with E-state index < -0.39 is 4.92 Å². The predicted molar refractivity (Wildman–Crippen MR) is 75.8 cm³/mol. The summed E-state index contributed by atoms with van der Waals surface area (Å²) in [6.07, 6.45) is 2.84. The zero-order valence-electron chi connectivity index (χ0n) is 9.58. The summed E-state index contributed by atoms with van der Waals surface area (Å²) in [5.74, 6) is -0.155. The molecule has 1 heterocycles. The van der Waals surface area contributed by atoms with Crippen LogP contribution in [-0.2, 0) is 0 Å². The standard InChI is InChI=1S/C13H8ClNO3S/c14-11-5-4-10(15(17)18)8-9(11)3-6-12(16)13-2-1-7-19-13/h1-8H/b6-3+. The summed E-state index contributed by atoms with van der Waals surface area (Å²) in [6.45, 7) is 0. The molecule has 6 heteroatoms. The van der Waals surface area contributed by atoms with E-state index in [9.17, 15) is 14.9 Å². The lowest BCUT2D eigenvalue weighted by atomic mass is 10.1. The van der Waals surface area contributed by atoms with Gasteiger partial charge in [-0.25, -0.2) is 0 Å². The lowest BCUT2D eigenvalue weighted by Crippen LogP contribution is -1.91. The molecule has 0 unspecified atom stereocenters. The first-order valence-corrected chi connectivity index (χ1v) is 6.53. The number of nitrogens with zero attached hydrogens (tertiary/aromatic N) is 1. The molecule has 0 saturated heterocycles. The Kier molecular flexibility index (Phi) is 4.09. The Balaban J connectivity index is 2.25. The molecule has 0 aliphatic heterocycles. The Bertz CT molecular complexity index is 650. The van der Waals surface area contributed by atoms with Gasteiger partial charge in [0.2, 0.25) is 0 Å². The van der Waals surface area contributed by atoms with Crippen LogP contribution >= 0.6 is 22.9 Å². The van der Waals surface area contributed by atoms with Crippen LogP contribution in [0.1, 0.15) is 15.2 Å². The number of nitro groups is 1. The number of rotatable bonds is 4. The van der Waals surface area contributed by atoms with E-state index in [0.717, 1.165) is 0 Å². The second kappa shape index (κ2) is 5.77. The minimum atomic E-state index is -0.505. The smallest absolute Gasteiger partial charge is 0.270 e. The van der Waals surface area contributed by atoms with E-state index in [2.05, 4.69) is 0 Å². The molecule has 0 spiro atoms. The highest BCUT2D eigenvalue weighted by atomic mass is 35.5. The molecule has 0 N–H and O–H groups in total. The van der Waals surface area contributed by atoms with Crippen LogP contribution in [0.4, 0.5) is 5.69 Å². The third-order valence-corrected chi connectivity index (χ3v) is 3.60. The third kappa shape index (κ3) is 3.27. The van der Waals surface area contributed by atoms with Crippen LogP contribution < -0.4 is 0 Å². The lowest BCUT2D eigenvalue weighted by molar-refractivity contribution is -0.384. The largest absolute Gasteiger partial charge is 0.288 e. The van der Waals surface area contributed by atoms with Gasteiger partial charge in [-0.2, -0.15) is 0 Å². The molecule has 1 aromatic carbocycles. The van der Waals surface area contributed by atoms with Crippen molar-refractivity contribution in [2.45, 2.75) is 0 Å². The number of carbonyl (C=O) groups excluding carboxylic acids is 1. The predicted octanol–water partition coefficient (Wildman–Crippen LogP) is 4.21. The monoisotopic (exact) mass is 293 g/mol. The van der Waals surface area contributed by atoms with Crippen molar-refractivity contribution in [2.24, 2.45) is 0 Å². The van der Waals surface area contributed by atoms with Gasteiger partial charge in [0.25, 0.3) is 5.69 Å². The van der Waals surface area contributed by atoms with Crippen molar-refractivity contribution < 1.29 is 9.72 Å². The van der Waals surface area contributed by atoms with Crippen molar-refractivity contribution in [2.75, 3.05) is 0 Å². The normalized spacial score (nSPS) is 10.8. The van der Waals surface area contributed by atoms with Crippen molar-refractivity contribution in [3.05, 3.63) is 67.4 Å². The van der Waals surface area contributed by atoms with Gasteiger partial charge in [0.1, 0.15) is 0 Å². The molecule has 0 aliphatic rings. The van der Waals surface area contributed by atoms with Crippen LogP contribution in [0.25, 0.3) is 6.08 Å². The summed E-state index contributed by atoms with van der Waals surface area (Å²) in [6, 6.07) is 7.59. The van der Waals surface area contributed by atoms with Gasteiger partial charge in [0, 0.05) is 17.2 Å². The summed E-state index contributed by atoms with van der Waals surface area (Å²) in [5, 5.41) is 12.8. The minimum Gasteiger partial charge on any atom is -0.288 e. The summed E-state index contributed by atoms with van der Waals surface area (Å²) in [7, 11) is 0. The number of thiophene rings is 1. The zero-order valence-corrected chi connectivity index (χ0v) is 11.1. The molecule has 19 heavy (non-hydrogen) atoms. The molecule has 0 fully saturated rings. The van der Waals surface area contributed by atoms with E-state index in [1.807, 2.05) is 0 Å². The Morgan fingerprint density at radius 1 is 1.37 bits per heavy atom. The van der Waals surface area contributed by atoms with Gasteiger partial charge >= 0.3 is 0 Å². The van der Waals surface area contributed by atoms with Crippen molar-refractivity contribution in [1.29, 1.82) is 0 Å². The molecule has 2 rings (SSSR count). The third-order valence-electron chi connectivity index (χ3n) is 2.37.